The highest BCUT2D eigenvalue weighted by Crippen LogP contribution is 2.23. The average Bonchev–Trinajstić information content (AvgIpc) is 2.36. The van der Waals surface area contributed by atoms with Crippen LogP contribution in [-0.4, -0.2) is 17.7 Å². The van der Waals surface area contributed by atoms with Crippen LogP contribution < -0.4 is 5.32 Å². The van der Waals surface area contributed by atoms with Crippen molar-refractivity contribution in [3.05, 3.63) is 34.9 Å². The summed E-state index contributed by atoms with van der Waals surface area (Å²) in [7, 11) is 0. The summed E-state index contributed by atoms with van der Waals surface area (Å²) in [5.41, 5.74) is 1.39. The first-order chi connectivity index (χ1) is 9.06. The molecule has 1 N–H and O–H groups in total. The molecule has 100 valence electrons. The molecule has 0 aliphatic heterocycles. The van der Waals surface area contributed by atoms with Crippen molar-refractivity contribution >= 4 is 38.6 Å². The third-order valence-electron chi connectivity index (χ3n) is 2.46. The highest BCUT2D eigenvalue weighted by atomic mass is 79.9. The Morgan fingerprint density at radius 2 is 2.26 bits per heavy atom. The van der Waals surface area contributed by atoms with Crippen LogP contribution in [0.15, 0.2) is 34.9 Å². The number of aromatic nitrogens is 1. The van der Waals surface area contributed by atoms with Crippen LogP contribution >= 0.6 is 15.9 Å². The van der Waals surface area contributed by atoms with Gasteiger partial charge in [0, 0.05) is 16.1 Å². The Morgan fingerprint density at radius 1 is 1.47 bits per heavy atom. The van der Waals surface area contributed by atoms with Crippen molar-refractivity contribution in [1.82, 2.24) is 4.98 Å². The van der Waals surface area contributed by atoms with E-state index in [0.29, 0.717) is 18.2 Å². The van der Waals surface area contributed by atoms with Crippen LogP contribution in [0.4, 0.5) is 10.5 Å². The fourth-order valence-corrected chi connectivity index (χ4v) is 1.97. The Hall–Kier alpha value is -1.62. The number of halogens is 1. The number of nitrogens with zero attached hydrogens (tertiary/aromatic N) is 1. The van der Waals surface area contributed by atoms with Gasteiger partial charge in [-0.25, -0.2) is 4.79 Å². The number of fused-ring (bicyclic) bond motifs is 1. The Bertz CT molecular complexity index is 599. The lowest BCUT2D eigenvalue weighted by Gasteiger charge is -2.10. The third-order valence-corrected chi connectivity index (χ3v) is 2.90. The van der Waals surface area contributed by atoms with Crippen LogP contribution in [0.1, 0.15) is 13.8 Å². The van der Waals surface area contributed by atoms with Gasteiger partial charge in [0.15, 0.2) is 0 Å². The first-order valence-corrected chi connectivity index (χ1v) is 6.83. The van der Waals surface area contributed by atoms with Gasteiger partial charge in [-0.15, -0.1) is 0 Å². The van der Waals surface area contributed by atoms with E-state index in [1.807, 2.05) is 32.0 Å². The number of carbonyl (C=O) groups excluding carboxylic acids is 1. The van der Waals surface area contributed by atoms with Gasteiger partial charge in [-0.2, -0.15) is 0 Å². The number of pyridine rings is 1. The van der Waals surface area contributed by atoms with Gasteiger partial charge in [0.2, 0.25) is 0 Å². The molecule has 2 aromatic rings. The summed E-state index contributed by atoms with van der Waals surface area (Å²) < 4.78 is 6.00. The molecule has 0 saturated carbocycles. The Labute approximate surface area is 120 Å². The molecule has 0 aliphatic rings. The molecule has 0 atom stereocenters. The number of anilines is 1. The Kier molecular flexibility index (Phi) is 4.37. The summed E-state index contributed by atoms with van der Waals surface area (Å²) in [6.45, 7) is 4.38. The van der Waals surface area contributed by atoms with Gasteiger partial charge in [0.25, 0.3) is 0 Å². The van der Waals surface area contributed by atoms with Crippen LogP contribution in [0.2, 0.25) is 0 Å². The fraction of sp³-hybridized carbons (Fsp3) is 0.286. The third kappa shape index (κ3) is 3.67. The van der Waals surface area contributed by atoms with Crippen molar-refractivity contribution in [2.24, 2.45) is 5.92 Å². The van der Waals surface area contributed by atoms with Crippen LogP contribution in [0.5, 0.6) is 0 Å². The van der Waals surface area contributed by atoms with Gasteiger partial charge >= 0.3 is 6.09 Å². The SMILES string of the molecule is CC(C)COC(=O)Nc1cccc2cc(Br)cnc12. The predicted octanol–water partition coefficient (Wildman–Crippen LogP) is 4.20. The van der Waals surface area contributed by atoms with Crippen molar-refractivity contribution in [1.29, 1.82) is 0 Å². The smallest absolute Gasteiger partial charge is 0.411 e. The van der Waals surface area contributed by atoms with E-state index < -0.39 is 6.09 Å². The second-order valence-electron chi connectivity index (χ2n) is 4.65. The molecule has 0 bridgehead atoms. The highest BCUT2D eigenvalue weighted by Gasteiger charge is 2.08. The van der Waals surface area contributed by atoms with E-state index in [1.54, 1.807) is 12.3 Å². The predicted molar refractivity (Wildman–Crippen MR) is 79.3 cm³/mol. The van der Waals surface area contributed by atoms with E-state index in [4.69, 9.17) is 4.74 Å². The van der Waals surface area contributed by atoms with Crippen molar-refractivity contribution in [2.45, 2.75) is 13.8 Å². The van der Waals surface area contributed by atoms with E-state index in [-0.39, 0.29) is 0 Å². The van der Waals surface area contributed by atoms with E-state index in [0.717, 1.165) is 15.4 Å². The van der Waals surface area contributed by atoms with Gasteiger partial charge in [0.05, 0.1) is 17.8 Å². The molecule has 0 unspecified atom stereocenters. The van der Waals surface area contributed by atoms with Crippen LogP contribution in [0.3, 0.4) is 0 Å². The molecule has 0 radical (unpaired) electrons. The lowest BCUT2D eigenvalue weighted by atomic mass is 10.2. The zero-order chi connectivity index (χ0) is 13.8. The van der Waals surface area contributed by atoms with Crippen molar-refractivity contribution in [2.75, 3.05) is 11.9 Å². The maximum absolute atomic E-state index is 11.7. The normalized spacial score (nSPS) is 10.7. The number of amides is 1. The number of hydrogen-bond donors (Lipinski definition) is 1. The van der Waals surface area contributed by atoms with E-state index in [1.165, 1.54) is 0 Å². The number of benzene rings is 1. The quantitative estimate of drug-likeness (QED) is 0.921. The largest absolute Gasteiger partial charge is 0.449 e. The second-order valence-corrected chi connectivity index (χ2v) is 5.56. The molecule has 4 nitrogen and oxygen atoms in total. The monoisotopic (exact) mass is 322 g/mol. The Morgan fingerprint density at radius 3 is 3.00 bits per heavy atom. The maximum Gasteiger partial charge on any atom is 0.411 e. The van der Waals surface area contributed by atoms with Crippen LogP contribution in [0.25, 0.3) is 10.9 Å². The lowest BCUT2D eigenvalue weighted by Crippen LogP contribution is -2.16. The molecule has 1 heterocycles. The molecule has 0 aliphatic carbocycles. The van der Waals surface area contributed by atoms with Gasteiger partial charge in [0.1, 0.15) is 0 Å². The molecule has 5 heteroatoms. The van der Waals surface area contributed by atoms with Crippen molar-refractivity contribution in [3.63, 3.8) is 0 Å². The zero-order valence-electron chi connectivity index (χ0n) is 10.8. The van der Waals surface area contributed by atoms with Crippen LogP contribution in [0, 0.1) is 5.92 Å². The molecule has 0 fully saturated rings. The van der Waals surface area contributed by atoms with E-state index >= 15 is 0 Å². The maximum atomic E-state index is 11.7. The molecular formula is C14H15BrN2O2. The number of para-hydroxylation sites is 1. The standard InChI is InChI=1S/C14H15BrN2O2/c1-9(2)8-19-14(18)17-12-5-3-4-10-6-11(15)7-16-13(10)12/h3-7,9H,8H2,1-2H3,(H,17,18). The summed E-state index contributed by atoms with van der Waals surface area (Å²) in [5, 5.41) is 3.68. The van der Waals surface area contributed by atoms with Crippen molar-refractivity contribution in [3.8, 4) is 0 Å². The molecular weight excluding hydrogens is 308 g/mol. The molecule has 0 spiro atoms. The molecule has 0 saturated heterocycles. The molecule has 1 amide bonds. The van der Waals surface area contributed by atoms with Crippen LogP contribution in [-0.2, 0) is 4.74 Å². The topological polar surface area (TPSA) is 51.2 Å². The number of nitrogens with one attached hydrogen (secondary N) is 1. The first-order valence-electron chi connectivity index (χ1n) is 6.04. The summed E-state index contributed by atoms with van der Waals surface area (Å²) in [4.78, 5) is 16.0. The number of ether oxygens (including phenoxy) is 1. The minimum Gasteiger partial charge on any atom is -0.449 e. The Balaban J connectivity index is 2.19. The first kappa shape index (κ1) is 13.8. The summed E-state index contributed by atoms with van der Waals surface area (Å²) in [5.74, 6) is 0.312. The summed E-state index contributed by atoms with van der Waals surface area (Å²) in [6.07, 6.45) is 1.25. The summed E-state index contributed by atoms with van der Waals surface area (Å²) >= 11 is 3.37. The highest BCUT2D eigenvalue weighted by molar-refractivity contribution is 9.10. The number of rotatable bonds is 3. The minimum absolute atomic E-state index is 0.312. The molecule has 2 rings (SSSR count). The van der Waals surface area contributed by atoms with Gasteiger partial charge in [-0.3, -0.25) is 10.3 Å². The lowest BCUT2D eigenvalue weighted by molar-refractivity contribution is 0.147. The van der Waals surface area contributed by atoms with Crippen molar-refractivity contribution < 1.29 is 9.53 Å². The average molecular weight is 323 g/mol. The van der Waals surface area contributed by atoms with Gasteiger partial charge in [-0.05, 0) is 34.0 Å². The zero-order valence-corrected chi connectivity index (χ0v) is 12.4. The second kappa shape index (κ2) is 6.02. The number of carbonyl (C=O) groups is 1. The summed E-state index contributed by atoms with van der Waals surface area (Å²) in [6, 6.07) is 7.57. The van der Waals surface area contributed by atoms with Gasteiger partial charge < -0.3 is 4.74 Å². The molecule has 19 heavy (non-hydrogen) atoms. The molecule has 1 aromatic heterocycles. The fourth-order valence-electron chi connectivity index (χ4n) is 1.62. The molecule has 1 aromatic carbocycles. The number of hydrogen-bond acceptors (Lipinski definition) is 3. The van der Waals surface area contributed by atoms with E-state index in [9.17, 15) is 4.79 Å². The van der Waals surface area contributed by atoms with Gasteiger partial charge in [-0.1, -0.05) is 26.0 Å². The minimum atomic E-state index is -0.453. The van der Waals surface area contributed by atoms with E-state index in [2.05, 4.69) is 26.2 Å².